The Morgan fingerprint density at radius 3 is 2.76 bits per heavy atom. The van der Waals surface area contributed by atoms with E-state index >= 15 is 0 Å². The Labute approximate surface area is 131 Å². The van der Waals surface area contributed by atoms with Crippen LogP contribution in [0.1, 0.15) is 54.7 Å². The zero-order chi connectivity index (χ0) is 14.7. The largest absolute Gasteiger partial charge is 0.342 e. The van der Waals surface area contributed by atoms with Crippen LogP contribution in [0, 0.1) is 0 Å². The highest BCUT2D eigenvalue weighted by Crippen LogP contribution is 2.37. The van der Waals surface area contributed by atoms with Crippen LogP contribution in [0.15, 0.2) is 12.1 Å². The predicted octanol–water partition coefficient (Wildman–Crippen LogP) is 3.46. The number of amides is 1. The van der Waals surface area contributed by atoms with E-state index in [0.717, 1.165) is 38.6 Å². The van der Waals surface area contributed by atoms with Crippen LogP contribution in [0.25, 0.3) is 0 Å². The van der Waals surface area contributed by atoms with Crippen molar-refractivity contribution in [3.05, 3.63) is 21.9 Å². The first-order valence-corrected chi connectivity index (χ1v) is 9.16. The molecule has 0 atom stereocenters. The minimum absolute atomic E-state index is 0.317. The molecule has 1 aliphatic carbocycles. The molecule has 1 aromatic rings. The standard InChI is InChI=1S/C17H26N2OS/c1-2-19-12-11-18(10-9-17(19)20)13-15-7-8-16(21-15)14-5-3-4-6-14/h7-8,14H,2-6,9-13H2,1H3. The van der Waals surface area contributed by atoms with E-state index in [9.17, 15) is 4.79 Å². The highest BCUT2D eigenvalue weighted by atomic mass is 32.1. The fourth-order valence-corrected chi connectivity index (χ4v) is 4.76. The van der Waals surface area contributed by atoms with Crippen LogP contribution in [0.3, 0.4) is 0 Å². The van der Waals surface area contributed by atoms with Crippen LogP contribution in [-0.2, 0) is 11.3 Å². The van der Waals surface area contributed by atoms with Gasteiger partial charge in [-0.3, -0.25) is 9.69 Å². The second-order valence-electron chi connectivity index (χ2n) is 6.29. The van der Waals surface area contributed by atoms with Gasteiger partial charge >= 0.3 is 0 Å². The van der Waals surface area contributed by atoms with Gasteiger partial charge in [0, 0.05) is 48.9 Å². The van der Waals surface area contributed by atoms with Crippen LogP contribution >= 0.6 is 11.3 Å². The number of hydrogen-bond donors (Lipinski definition) is 0. The van der Waals surface area contributed by atoms with E-state index in [-0.39, 0.29) is 0 Å². The lowest BCUT2D eigenvalue weighted by Gasteiger charge is -2.20. The van der Waals surface area contributed by atoms with Crippen LogP contribution in [0.5, 0.6) is 0 Å². The molecular weight excluding hydrogens is 280 g/mol. The molecular formula is C17H26N2OS. The maximum absolute atomic E-state index is 11.9. The third-order valence-electron chi connectivity index (χ3n) is 4.88. The Balaban J connectivity index is 1.57. The van der Waals surface area contributed by atoms with Gasteiger partial charge in [-0.25, -0.2) is 0 Å². The molecule has 1 saturated carbocycles. The lowest BCUT2D eigenvalue weighted by atomic mass is 10.1. The third kappa shape index (κ3) is 3.67. The van der Waals surface area contributed by atoms with Crippen LogP contribution in [0.2, 0.25) is 0 Å². The van der Waals surface area contributed by atoms with Gasteiger partial charge in [0.1, 0.15) is 0 Å². The Hall–Kier alpha value is -0.870. The summed E-state index contributed by atoms with van der Waals surface area (Å²) in [4.78, 5) is 19.4. The number of likely N-dealkylation sites (N-methyl/N-ethyl adjacent to an activating group) is 1. The van der Waals surface area contributed by atoms with Crippen molar-refractivity contribution in [3.8, 4) is 0 Å². The van der Waals surface area contributed by atoms with Crippen molar-refractivity contribution in [2.24, 2.45) is 0 Å². The van der Waals surface area contributed by atoms with Gasteiger partial charge in [-0.05, 0) is 37.8 Å². The molecule has 116 valence electrons. The van der Waals surface area contributed by atoms with E-state index in [1.165, 1.54) is 30.6 Å². The summed E-state index contributed by atoms with van der Waals surface area (Å²) < 4.78 is 0. The molecule has 2 heterocycles. The number of nitrogens with zero attached hydrogens (tertiary/aromatic N) is 2. The molecule has 3 nitrogen and oxygen atoms in total. The van der Waals surface area contributed by atoms with Gasteiger partial charge in [0.15, 0.2) is 0 Å². The Morgan fingerprint density at radius 2 is 2.00 bits per heavy atom. The number of thiophene rings is 1. The molecule has 3 rings (SSSR count). The molecule has 0 radical (unpaired) electrons. The zero-order valence-electron chi connectivity index (χ0n) is 13.0. The van der Waals surface area contributed by atoms with Gasteiger partial charge in [-0.1, -0.05) is 12.8 Å². The van der Waals surface area contributed by atoms with Crippen molar-refractivity contribution in [2.45, 2.75) is 51.5 Å². The molecule has 0 unspecified atom stereocenters. The number of carbonyl (C=O) groups is 1. The van der Waals surface area contributed by atoms with Crippen molar-refractivity contribution in [3.63, 3.8) is 0 Å². The van der Waals surface area contributed by atoms with E-state index in [0.29, 0.717) is 12.3 Å². The Bertz CT molecular complexity index is 479. The first-order valence-electron chi connectivity index (χ1n) is 8.35. The maximum Gasteiger partial charge on any atom is 0.223 e. The van der Waals surface area contributed by atoms with Gasteiger partial charge in [0.05, 0.1) is 0 Å². The molecule has 1 saturated heterocycles. The zero-order valence-corrected chi connectivity index (χ0v) is 13.8. The number of rotatable bonds is 4. The molecule has 2 aliphatic rings. The molecule has 1 amide bonds. The van der Waals surface area contributed by atoms with Crippen LogP contribution in [-0.4, -0.2) is 41.9 Å². The SMILES string of the molecule is CCN1CCN(Cc2ccc(C3CCCC3)s2)CCC1=O. The number of hydrogen-bond acceptors (Lipinski definition) is 3. The smallest absolute Gasteiger partial charge is 0.223 e. The van der Waals surface area contributed by atoms with Gasteiger partial charge in [0.2, 0.25) is 5.91 Å². The molecule has 4 heteroatoms. The van der Waals surface area contributed by atoms with Crippen molar-refractivity contribution in [2.75, 3.05) is 26.2 Å². The third-order valence-corrected chi connectivity index (χ3v) is 6.11. The minimum atomic E-state index is 0.317. The lowest BCUT2D eigenvalue weighted by Crippen LogP contribution is -2.32. The minimum Gasteiger partial charge on any atom is -0.342 e. The average Bonchev–Trinajstić information content (AvgIpc) is 3.12. The summed E-state index contributed by atoms with van der Waals surface area (Å²) in [6.45, 7) is 6.73. The topological polar surface area (TPSA) is 23.6 Å². The summed E-state index contributed by atoms with van der Waals surface area (Å²) in [5.74, 6) is 1.14. The molecule has 0 N–H and O–H groups in total. The van der Waals surface area contributed by atoms with E-state index in [4.69, 9.17) is 0 Å². The average molecular weight is 306 g/mol. The van der Waals surface area contributed by atoms with Gasteiger partial charge in [-0.15, -0.1) is 11.3 Å². The summed E-state index contributed by atoms with van der Waals surface area (Å²) in [5, 5.41) is 0. The summed E-state index contributed by atoms with van der Waals surface area (Å²) in [5.41, 5.74) is 0. The summed E-state index contributed by atoms with van der Waals surface area (Å²) in [7, 11) is 0. The summed E-state index contributed by atoms with van der Waals surface area (Å²) in [6.07, 6.45) is 6.24. The number of carbonyl (C=O) groups excluding carboxylic acids is 1. The van der Waals surface area contributed by atoms with Gasteiger partial charge in [-0.2, -0.15) is 0 Å². The molecule has 0 spiro atoms. The summed E-state index contributed by atoms with van der Waals surface area (Å²) >= 11 is 2.00. The lowest BCUT2D eigenvalue weighted by molar-refractivity contribution is -0.130. The second kappa shape index (κ2) is 6.93. The maximum atomic E-state index is 11.9. The van der Waals surface area contributed by atoms with Crippen molar-refractivity contribution < 1.29 is 4.79 Å². The molecule has 2 fully saturated rings. The Morgan fingerprint density at radius 1 is 1.19 bits per heavy atom. The van der Waals surface area contributed by atoms with E-state index < -0.39 is 0 Å². The second-order valence-corrected chi connectivity index (χ2v) is 7.48. The van der Waals surface area contributed by atoms with E-state index in [2.05, 4.69) is 24.0 Å². The van der Waals surface area contributed by atoms with Crippen LogP contribution in [0.4, 0.5) is 0 Å². The highest BCUT2D eigenvalue weighted by molar-refractivity contribution is 7.12. The van der Waals surface area contributed by atoms with Crippen molar-refractivity contribution in [1.29, 1.82) is 0 Å². The van der Waals surface area contributed by atoms with Gasteiger partial charge < -0.3 is 4.90 Å². The van der Waals surface area contributed by atoms with E-state index in [1.54, 1.807) is 4.88 Å². The highest BCUT2D eigenvalue weighted by Gasteiger charge is 2.21. The summed E-state index contributed by atoms with van der Waals surface area (Å²) in [6, 6.07) is 4.65. The van der Waals surface area contributed by atoms with Crippen LogP contribution < -0.4 is 0 Å². The monoisotopic (exact) mass is 306 g/mol. The molecule has 0 aromatic carbocycles. The van der Waals surface area contributed by atoms with E-state index in [1.807, 2.05) is 16.2 Å². The molecule has 1 aliphatic heterocycles. The predicted molar refractivity (Wildman–Crippen MR) is 87.7 cm³/mol. The van der Waals surface area contributed by atoms with Crippen molar-refractivity contribution >= 4 is 17.2 Å². The van der Waals surface area contributed by atoms with Gasteiger partial charge in [0.25, 0.3) is 0 Å². The Kier molecular flexibility index (Phi) is 4.96. The molecule has 21 heavy (non-hydrogen) atoms. The molecule has 1 aromatic heterocycles. The fourth-order valence-electron chi connectivity index (χ4n) is 3.53. The fraction of sp³-hybridized carbons (Fsp3) is 0.706. The normalized spacial score (nSPS) is 22.0. The first kappa shape index (κ1) is 15.0. The first-order chi connectivity index (χ1) is 10.3. The molecule has 0 bridgehead atoms. The van der Waals surface area contributed by atoms with Crippen molar-refractivity contribution in [1.82, 2.24) is 9.80 Å². The quantitative estimate of drug-likeness (QED) is 0.850.